The molecule has 0 spiro atoms. The molecule has 0 saturated heterocycles. The standard InChI is InChI=1S/C15H14ClFN2O4S2/c1-10(8-11-2-4-12(16)5-3-11)19(24(20)21)14-9-13(17)6-7-15(14)25(18,22)23/h2-9H,1H3,(H,20,21)(H2,18,22,23)/b10-8-. The van der Waals surface area contributed by atoms with Crippen LogP contribution in [0.1, 0.15) is 12.5 Å². The van der Waals surface area contributed by atoms with Gasteiger partial charge in [-0.2, -0.15) is 0 Å². The Kier molecular flexibility index (Phi) is 5.96. The van der Waals surface area contributed by atoms with Crippen LogP contribution in [0, 0.1) is 5.82 Å². The zero-order valence-electron chi connectivity index (χ0n) is 12.9. The third-order valence-electron chi connectivity index (χ3n) is 3.17. The second-order valence-corrected chi connectivity index (χ2v) is 7.81. The van der Waals surface area contributed by atoms with Crippen molar-refractivity contribution < 1.29 is 21.6 Å². The third-order valence-corrected chi connectivity index (χ3v) is 5.18. The van der Waals surface area contributed by atoms with Crippen LogP contribution in [0.5, 0.6) is 0 Å². The minimum atomic E-state index is -4.24. The Labute approximate surface area is 152 Å². The lowest BCUT2D eigenvalue weighted by Crippen LogP contribution is -2.26. The van der Waals surface area contributed by atoms with Crippen molar-refractivity contribution in [3.05, 3.63) is 64.6 Å². The Morgan fingerprint density at radius 3 is 2.40 bits per heavy atom. The highest BCUT2D eigenvalue weighted by Gasteiger charge is 2.24. The molecule has 134 valence electrons. The quantitative estimate of drug-likeness (QED) is 0.747. The summed E-state index contributed by atoms with van der Waals surface area (Å²) < 4.78 is 59.2. The summed E-state index contributed by atoms with van der Waals surface area (Å²) in [4.78, 5) is -0.472. The van der Waals surface area contributed by atoms with Crippen molar-refractivity contribution >= 4 is 44.7 Å². The van der Waals surface area contributed by atoms with Gasteiger partial charge in [0.2, 0.25) is 10.0 Å². The van der Waals surface area contributed by atoms with Gasteiger partial charge in [-0.25, -0.2) is 26.5 Å². The van der Waals surface area contributed by atoms with Crippen molar-refractivity contribution in [3.8, 4) is 0 Å². The van der Waals surface area contributed by atoms with Crippen molar-refractivity contribution in [3.63, 3.8) is 0 Å². The fraction of sp³-hybridized carbons (Fsp3) is 0.0667. The summed E-state index contributed by atoms with van der Waals surface area (Å²) in [5.41, 5.74) is 0.496. The van der Waals surface area contributed by atoms with Gasteiger partial charge >= 0.3 is 0 Å². The van der Waals surface area contributed by atoms with E-state index >= 15 is 0 Å². The van der Waals surface area contributed by atoms with E-state index < -0.39 is 32.0 Å². The Morgan fingerprint density at radius 2 is 1.88 bits per heavy atom. The molecule has 3 N–H and O–H groups in total. The Balaban J connectivity index is 2.61. The molecule has 0 bridgehead atoms. The molecule has 0 aliphatic rings. The molecule has 0 fully saturated rings. The number of rotatable bonds is 5. The van der Waals surface area contributed by atoms with Crippen molar-refractivity contribution in [1.82, 2.24) is 0 Å². The van der Waals surface area contributed by atoms with Gasteiger partial charge in [0.05, 0.1) is 5.69 Å². The van der Waals surface area contributed by atoms with E-state index in [9.17, 15) is 21.6 Å². The lowest BCUT2D eigenvalue weighted by Gasteiger charge is -2.23. The van der Waals surface area contributed by atoms with Crippen LogP contribution in [0.25, 0.3) is 6.08 Å². The van der Waals surface area contributed by atoms with Gasteiger partial charge < -0.3 is 0 Å². The minimum Gasteiger partial charge on any atom is -0.289 e. The van der Waals surface area contributed by atoms with Gasteiger partial charge in [0, 0.05) is 10.7 Å². The van der Waals surface area contributed by atoms with Gasteiger partial charge in [-0.05, 0) is 48.9 Å². The first kappa shape index (κ1) is 19.5. The molecule has 1 unspecified atom stereocenters. The molecule has 1 atom stereocenters. The molecule has 10 heteroatoms. The number of hydrogen-bond donors (Lipinski definition) is 2. The lowest BCUT2D eigenvalue weighted by molar-refractivity contribution is 0.562. The van der Waals surface area contributed by atoms with Crippen molar-refractivity contribution in [1.29, 1.82) is 0 Å². The SMILES string of the molecule is C/C(=C/c1ccc(Cl)cc1)N(c1cc(F)ccc1S(N)(=O)=O)S(=O)O. The van der Waals surface area contributed by atoms with Gasteiger partial charge in [0.1, 0.15) is 10.7 Å². The summed E-state index contributed by atoms with van der Waals surface area (Å²) in [6, 6.07) is 9.24. The number of halogens is 2. The molecule has 0 aliphatic carbocycles. The highest BCUT2D eigenvalue weighted by atomic mass is 35.5. The van der Waals surface area contributed by atoms with Gasteiger partial charge in [0.15, 0.2) is 0 Å². The van der Waals surface area contributed by atoms with Gasteiger partial charge in [0.25, 0.3) is 11.3 Å². The summed E-state index contributed by atoms with van der Waals surface area (Å²) in [6.45, 7) is 1.47. The van der Waals surface area contributed by atoms with E-state index in [-0.39, 0.29) is 11.4 Å². The normalized spacial score (nSPS) is 13.6. The molecule has 6 nitrogen and oxygen atoms in total. The van der Waals surface area contributed by atoms with Crippen LogP contribution in [0.15, 0.2) is 53.1 Å². The number of benzene rings is 2. The average Bonchev–Trinajstić information content (AvgIpc) is 2.48. The number of nitrogens with two attached hydrogens (primary N) is 1. The third kappa shape index (κ3) is 4.86. The van der Waals surface area contributed by atoms with Gasteiger partial charge in [-0.15, -0.1) is 0 Å². The van der Waals surface area contributed by atoms with Crippen LogP contribution in [0.4, 0.5) is 10.1 Å². The Bertz CT molecular complexity index is 947. The highest BCUT2D eigenvalue weighted by molar-refractivity contribution is 7.89. The van der Waals surface area contributed by atoms with E-state index in [2.05, 4.69) is 0 Å². The fourth-order valence-electron chi connectivity index (χ4n) is 2.15. The molecule has 0 radical (unpaired) electrons. The minimum absolute atomic E-state index is 0.193. The molecule has 2 rings (SSSR count). The van der Waals surface area contributed by atoms with Gasteiger partial charge in [-0.1, -0.05) is 23.7 Å². The molecule has 2 aromatic carbocycles. The maximum Gasteiger partial charge on any atom is 0.266 e. The maximum atomic E-state index is 13.6. The van der Waals surface area contributed by atoms with Crippen LogP contribution < -0.4 is 9.44 Å². The van der Waals surface area contributed by atoms with E-state index in [1.54, 1.807) is 24.3 Å². The number of sulfonamides is 1. The lowest BCUT2D eigenvalue weighted by atomic mass is 10.2. The topological polar surface area (TPSA) is 101 Å². The number of primary sulfonamides is 1. The van der Waals surface area contributed by atoms with Crippen LogP contribution in [-0.2, 0) is 21.3 Å². The Morgan fingerprint density at radius 1 is 1.28 bits per heavy atom. The van der Waals surface area contributed by atoms with E-state index in [1.807, 2.05) is 0 Å². The largest absolute Gasteiger partial charge is 0.289 e. The summed E-state index contributed by atoms with van der Waals surface area (Å²) in [6.07, 6.45) is 1.52. The van der Waals surface area contributed by atoms with E-state index in [4.69, 9.17) is 16.7 Å². The van der Waals surface area contributed by atoms with Crippen LogP contribution in [0.2, 0.25) is 5.02 Å². The predicted octanol–water partition coefficient (Wildman–Crippen LogP) is 3.13. The maximum absolute atomic E-state index is 13.6. The zero-order valence-corrected chi connectivity index (χ0v) is 15.3. The molecule has 0 aliphatic heterocycles. The van der Waals surface area contributed by atoms with Crippen LogP contribution in [0.3, 0.4) is 0 Å². The number of hydrogen-bond acceptors (Lipinski definition) is 3. The first-order valence-corrected chi connectivity index (χ1v) is 9.75. The first-order valence-electron chi connectivity index (χ1n) is 6.77. The fourth-order valence-corrected chi connectivity index (χ4v) is 3.65. The monoisotopic (exact) mass is 404 g/mol. The van der Waals surface area contributed by atoms with E-state index in [1.165, 1.54) is 13.0 Å². The molecular weight excluding hydrogens is 391 g/mol. The molecule has 0 heterocycles. The average molecular weight is 405 g/mol. The van der Waals surface area contributed by atoms with E-state index in [0.717, 1.165) is 22.5 Å². The van der Waals surface area contributed by atoms with Crippen molar-refractivity contribution in [2.24, 2.45) is 5.14 Å². The molecule has 25 heavy (non-hydrogen) atoms. The summed E-state index contributed by atoms with van der Waals surface area (Å²) in [5.74, 6) is -0.780. The van der Waals surface area contributed by atoms with E-state index in [0.29, 0.717) is 10.6 Å². The number of nitrogens with zero attached hydrogens (tertiary/aromatic N) is 1. The zero-order chi connectivity index (χ0) is 18.8. The number of anilines is 1. The second-order valence-electron chi connectivity index (χ2n) is 5.02. The van der Waals surface area contributed by atoms with Gasteiger partial charge in [-0.3, -0.25) is 4.55 Å². The molecular formula is C15H14ClFN2O4S2. The molecule has 0 aromatic heterocycles. The summed E-state index contributed by atoms with van der Waals surface area (Å²) in [5, 5.41) is 5.64. The molecule has 0 saturated carbocycles. The number of allylic oxidation sites excluding steroid dienone is 1. The second kappa shape index (κ2) is 7.63. The molecule has 0 amide bonds. The Hall–Kier alpha value is -1.78. The van der Waals surface area contributed by atoms with Crippen molar-refractivity contribution in [2.75, 3.05) is 4.31 Å². The summed E-state index contributed by atoms with van der Waals surface area (Å²) in [7, 11) is -4.24. The predicted molar refractivity (Wildman–Crippen MR) is 96.1 cm³/mol. The first-order chi connectivity index (χ1) is 11.6. The highest BCUT2D eigenvalue weighted by Crippen LogP contribution is 2.30. The smallest absolute Gasteiger partial charge is 0.266 e. The van der Waals surface area contributed by atoms with Crippen LogP contribution >= 0.6 is 11.6 Å². The van der Waals surface area contributed by atoms with Crippen molar-refractivity contribution in [2.45, 2.75) is 11.8 Å². The molecule has 2 aromatic rings. The van der Waals surface area contributed by atoms with Crippen LogP contribution in [-0.4, -0.2) is 17.2 Å². The summed E-state index contributed by atoms with van der Waals surface area (Å²) >= 11 is 3.14.